The van der Waals surface area contributed by atoms with Gasteiger partial charge in [0.25, 0.3) is 5.91 Å². The molecule has 0 aliphatic rings. The van der Waals surface area contributed by atoms with Crippen molar-refractivity contribution in [2.45, 2.75) is 26.5 Å². The van der Waals surface area contributed by atoms with Crippen molar-refractivity contribution in [2.24, 2.45) is 0 Å². The Balaban J connectivity index is 1.69. The number of carbonyl (C=O) groups is 1. The van der Waals surface area contributed by atoms with Crippen LogP contribution in [0.25, 0.3) is 0 Å². The highest BCUT2D eigenvalue weighted by molar-refractivity contribution is 7.13. The Morgan fingerprint density at radius 2 is 2.04 bits per heavy atom. The van der Waals surface area contributed by atoms with E-state index in [0.29, 0.717) is 28.0 Å². The molecule has 0 saturated heterocycles. The van der Waals surface area contributed by atoms with Gasteiger partial charge in [0, 0.05) is 24.5 Å². The number of halogens is 1. The second kappa shape index (κ2) is 8.50. The largest absolute Gasteiger partial charge is 0.486 e. The molecule has 0 aliphatic carbocycles. The monoisotopic (exact) mass is 401 g/mol. The smallest absolute Gasteiger partial charge is 0.266 e. The fraction of sp³-hybridized carbons (Fsp3) is 0.250. The van der Waals surface area contributed by atoms with E-state index in [4.69, 9.17) is 16.3 Å². The SMILES string of the molecule is Cc1nc(COc2ccc(Cl)cc2)sc1C(=O)N(C)C(C)c1cccnc1. The Morgan fingerprint density at radius 3 is 2.70 bits per heavy atom. The van der Waals surface area contributed by atoms with Gasteiger partial charge in [-0.15, -0.1) is 11.3 Å². The minimum atomic E-state index is -0.0820. The number of nitrogens with zero attached hydrogens (tertiary/aromatic N) is 3. The average molecular weight is 402 g/mol. The Morgan fingerprint density at radius 1 is 1.30 bits per heavy atom. The standard InChI is InChI=1S/C20H20ClN3O2S/c1-13-19(20(25)24(3)14(2)15-5-4-10-22-11-15)27-18(23-13)12-26-17-8-6-16(21)7-9-17/h4-11,14H,12H2,1-3H3. The topological polar surface area (TPSA) is 55.3 Å². The Kier molecular flexibility index (Phi) is 6.08. The summed E-state index contributed by atoms with van der Waals surface area (Å²) >= 11 is 7.24. The first-order chi connectivity index (χ1) is 13.0. The molecule has 1 unspecified atom stereocenters. The lowest BCUT2D eigenvalue weighted by atomic mass is 10.1. The fourth-order valence-electron chi connectivity index (χ4n) is 2.57. The van der Waals surface area contributed by atoms with Gasteiger partial charge >= 0.3 is 0 Å². The average Bonchev–Trinajstić information content (AvgIpc) is 3.07. The third-order valence-electron chi connectivity index (χ3n) is 4.28. The fourth-order valence-corrected chi connectivity index (χ4v) is 3.66. The number of rotatable bonds is 6. The van der Waals surface area contributed by atoms with Gasteiger partial charge in [-0.1, -0.05) is 17.7 Å². The van der Waals surface area contributed by atoms with Crippen molar-refractivity contribution in [2.75, 3.05) is 7.05 Å². The maximum absolute atomic E-state index is 12.9. The van der Waals surface area contributed by atoms with Crippen molar-refractivity contribution in [3.8, 4) is 5.75 Å². The number of ether oxygens (including phenoxy) is 1. The zero-order chi connectivity index (χ0) is 19.4. The number of amides is 1. The van der Waals surface area contributed by atoms with E-state index in [0.717, 1.165) is 10.6 Å². The summed E-state index contributed by atoms with van der Waals surface area (Å²) in [6, 6.07) is 10.9. The molecule has 0 aliphatic heterocycles. The number of thiazole rings is 1. The molecule has 5 nitrogen and oxygen atoms in total. The molecule has 2 heterocycles. The van der Waals surface area contributed by atoms with Gasteiger partial charge in [0.1, 0.15) is 22.2 Å². The first-order valence-electron chi connectivity index (χ1n) is 8.47. The van der Waals surface area contributed by atoms with Gasteiger partial charge < -0.3 is 9.64 Å². The zero-order valence-electron chi connectivity index (χ0n) is 15.3. The number of hydrogen-bond acceptors (Lipinski definition) is 5. The lowest BCUT2D eigenvalue weighted by Gasteiger charge is -2.24. The maximum atomic E-state index is 12.9. The van der Waals surface area contributed by atoms with Crippen molar-refractivity contribution in [3.05, 3.63) is 75.0 Å². The van der Waals surface area contributed by atoms with E-state index in [1.807, 2.05) is 26.0 Å². The summed E-state index contributed by atoms with van der Waals surface area (Å²) in [6.07, 6.45) is 3.50. The van der Waals surface area contributed by atoms with Crippen molar-refractivity contribution in [3.63, 3.8) is 0 Å². The number of pyridine rings is 1. The summed E-state index contributed by atoms with van der Waals surface area (Å²) in [7, 11) is 1.79. The minimum absolute atomic E-state index is 0.0564. The third-order valence-corrected chi connectivity index (χ3v) is 5.65. The molecule has 1 amide bonds. The van der Waals surface area contributed by atoms with Crippen LogP contribution in [0.5, 0.6) is 5.75 Å². The van der Waals surface area contributed by atoms with Crippen LogP contribution >= 0.6 is 22.9 Å². The van der Waals surface area contributed by atoms with Crippen LogP contribution in [0.15, 0.2) is 48.8 Å². The van der Waals surface area contributed by atoms with Crippen LogP contribution in [-0.2, 0) is 6.61 Å². The molecule has 7 heteroatoms. The molecule has 0 N–H and O–H groups in total. The van der Waals surface area contributed by atoms with E-state index in [1.165, 1.54) is 11.3 Å². The summed E-state index contributed by atoms with van der Waals surface area (Å²) in [4.78, 5) is 23.9. The van der Waals surface area contributed by atoms with E-state index in [1.54, 1.807) is 48.6 Å². The second-order valence-corrected chi connectivity index (χ2v) is 7.66. The number of benzene rings is 1. The first-order valence-corrected chi connectivity index (χ1v) is 9.67. The lowest BCUT2D eigenvalue weighted by molar-refractivity contribution is 0.0746. The lowest BCUT2D eigenvalue weighted by Crippen LogP contribution is -2.29. The quantitative estimate of drug-likeness (QED) is 0.588. The van der Waals surface area contributed by atoms with Crippen molar-refractivity contribution < 1.29 is 9.53 Å². The second-order valence-electron chi connectivity index (χ2n) is 6.14. The normalized spacial score (nSPS) is 11.9. The van der Waals surface area contributed by atoms with Gasteiger partial charge in [0.05, 0.1) is 11.7 Å². The maximum Gasteiger partial charge on any atom is 0.266 e. The van der Waals surface area contributed by atoms with Crippen LogP contribution in [0.2, 0.25) is 5.02 Å². The number of aromatic nitrogens is 2. The van der Waals surface area contributed by atoms with Gasteiger partial charge in [0.15, 0.2) is 0 Å². The molecule has 27 heavy (non-hydrogen) atoms. The molecule has 0 fully saturated rings. The van der Waals surface area contributed by atoms with Gasteiger partial charge in [-0.25, -0.2) is 4.98 Å². The van der Waals surface area contributed by atoms with Gasteiger partial charge in [-0.05, 0) is 49.7 Å². The van der Waals surface area contributed by atoms with Crippen LogP contribution in [-0.4, -0.2) is 27.8 Å². The van der Waals surface area contributed by atoms with E-state index in [-0.39, 0.29) is 11.9 Å². The first kappa shape index (κ1) is 19.3. The third kappa shape index (κ3) is 4.64. The molecule has 0 radical (unpaired) electrons. The highest BCUT2D eigenvalue weighted by atomic mass is 35.5. The van der Waals surface area contributed by atoms with Crippen LogP contribution in [0.4, 0.5) is 0 Å². The molecular formula is C20H20ClN3O2S. The molecule has 0 saturated carbocycles. The van der Waals surface area contributed by atoms with E-state index in [2.05, 4.69) is 9.97 Å². The van der Waals surface area contributed by atoms with E-state index in [9.17, 15) is 4.79 Å². The molecule has 1 atom stereocenters. The Labute approximate surface area is 167 Å². The Bertz CT molecular complexity index is 913. The van der Waals surface area contributed by atoms with Crippen molar-refractivity contribution in [1.82, 2.24) is 14.9 Å². The van der Waals surface area contributed by atoms with Crippen LogP contribution in [0.3, 0.4) is 0 Å². The number of carbonyl (C=O) groups excluding carboxylic acids is 1. The van der Waals surface area contributed by atoms with Crippen molar-refractivity contribution >= 4 is 28.8 Å². The summed E-state index contributed by atoms with van der Waals surface area (Å²) < 4.78 is 5.73. The van der Waals surface area contributed by atoms with Crippen LogP contribution in [0, 0.1) is 6.92 Å². The van der Waals surface area contributed by atoms with Gasteiger partial charge in [-0.2, -0.15) is 0 Å². The molecule has 140 valence electrons. The summed E-state index contributed by atoms with van der Waals surface area (Å²) in [6.45, 7) is 4.14. The molecule has 3 rings (SSSR count). The highest BCUT2D eigenvalue weighted by Gasteiger charge is 2.23. The minimum Gasteiger partial charge on any atom is -0.486 e. The number of hydrogen-bond donors (Lipinski definition) is 0. The molecular weight excluding hydrogens is 382 g/mol. The van der Waals surface area contributed by atoms with Gasteiger partial charge in [0.2, 0.25) is 0 Å². The van der Waals surface area contributed by atoms with Crippen LogP contribution in [0.1, 0.15) is 38.9 Å². The predicted molar refractivity (Wildman–Crippen MR) is 107 cm³/mol. The summed E-state index contributed by atoms with van der Waals surface area (Å²) in [5, 5.41) is 1.42. The molecule has 0 bridgehead atoms. The van der Waals surface area contributed by atoms with Crippen molar-refractivity contribution in [1.29, 1.82) is 0 Å². The zero-order valence-corrected chi connectivity index (χ0v) is 16.9. The highest BCUT2D eigenvalue weighted by Crippen LogP contribution is 2.26. The Hall–Kier alpha value is -2.44. The van der Waals surface area contributed by atoms with Crippen LogP contribution < -0.4 is 4.74 Å². The van der Waals surface area contributed by atoms with E-state index >= 15 is 0 Å². The van der Waals surface area contributed by atoms with E-state index < -0.39 is 0 Å². The molecule has 3 aromatic rings. The number of aryl methyl sites for hydroxylation is 1. The summed E-state index contributed by atoms with van der Waals surface area (Å²) in [5.74, 6) is 0.654. The molecule has 0 spiro atoms. The predicted octanol–water partition coefficient (Wildman–Crippen LogP) is 4.91. The molecule has 2 aromatic heterocycles. The summed E-state index contributed by atoms with van der Waals surface area (Å²) in [5.41, 5.74) is 1.70. The van der Waals surface area contributed by atoms with Gasteiger partial charge in [-0.3, -0.25) is 9.78 Å². The molecule has 1 aromatic carbocycles.